The van der Waals surface area contributed by atoms with Gasteiger partial charge in [0.1, 0.15) is 6.04 Å². The highest BCUT2D eigenvalue weighted by molar-refractivity contribution is 5.57. The first-order chi connectivity index (χ1) is 14.3. The lowest BCUT2D eigenvalue weighted by molar-refractivity contribution is -0.385. The van der Waals surface area contributed by atoms with Crippen molar-refractivity contribution in [3.8, 4) is 11.5 Å². The van der Waals surface area contributed by atoms with Gasteiger partial charge in [-0.25, -0.2) is 4.68 Å². The second kappa shape index (κ2) is 7.80. The number of rotatable bonds is 5. The smallest absolute Gasteiger partial charge is 0.278 e. The maximum absolute atomic E-state index is 11.9. The highest BCUT2D eigenvalue weighted by Gasteiger charge is 2.36. The van der Waals surface area contributed by atoms with E-state index in [1.54, 1.807) is 10.7 Å². The summed E-state index contributed by atoms with van der Waals surface area (Å²) < 4.78 is 12.5. The normalized spacial score (nSPS) is 22.1. The SMILES string of the molecule is CC(C)(C)n1nnnc1C(NC1CCCCC1N)c1cc2c(cc1[N+](=O)[O-])OCO2. The van der Waals surface area contributed by atoms with Crippen molar-refractivity contribution < 1.29 is 14.4 Å². The predicted molar refractivity (Wildman–Crippen MR) is 107 cm³/mol. The van der Waals surface area contributed by atoms with Crippen LogP contribution in [0, 0.1) is 10.1 Å². The predicted octanol–water partition coefficient (Wildman–Crippen LogP) is 2.01. The summed E-state index contributed by atoms with van der Waals surface area (Å²) >= 11 is 0. The van der Waals surface area contributed by atoms with Crippen molar-refractivity contribution in [1.82, 2.24) is 25.5 Å². The fraction of sp³-hybridized carbons (Fsp3) is 0.632. The third-order valence-electron chi connectivity index (χ3n) is 5.62. The summed E-state index contributed by atoms with van der Waals surface area (Å²) in [5.41, 5.74) is 6.29. The molecule has 3 unspecified atom stereocenters. The average molecular weight is 417 g/mol. The molecule has 0 bridgehead atoms. The van der Waals surface area contributed by atoms with Crippen LogP contribution in [0.15, 0.2) is 12.1 Å². The molecular weight excluding hydrogens is 390 g/mol. The summed E-state index contributed by atoms with van der Waals surface area (Å²) in [5, 5.41) is 27.7. The Kier molecular flexibility index (Phi) is 5.33. The summed E-state index contributed by atoms with van der Waals surface area (Å²) in [6.45, 7) is 5.96. The Balaban J connectivity index is 1.84. The van der Waals surface area contributed by atoms with Crippen molar-refractivity contribution in [2.24, 2.45) is 5.73 Å². The van der Waals surface area contributed by atoms with Crippen molar-refractivity contribution in [3.63, 3.8) is 0 Å². The Morgan fingerprint density at radius 1 is 1.27 bits per heavy atom. The molecule has 1 saturated carbocycles. The number of nitro benzene ring substituents is 1. The lowest BCUT2D eigenvalue weighted by Gasteiger charge is -2.33. The molecule has 2 aliphatic rings. The Labute approximate surface area is 174 Å². The molecule has 4 rings (SSSR count). The molecule has 3 atom stereocenters. The van der Waals surface area contributed by atoms with Crippen LogP contribution in [-0.4, -0.2) is 44.0 Å². The van der Waals surface area contributed by atoms with E-state index in [9.17, 15) is 10.1 Å². The molecule has 1 aromatic heterocycles. The Morgan fingerprint density at radius 3 is 2.63 bits per heavy atom. The number of nitrogens with zero attached hydrogens (tertiary/aromatic N) is 5. The number of benzene rings is 1. The number of nitrogens with one attached hydrogen (secondary N) is 1. The molecule has 2 aromatic rings. The van der Waals surface area contributed by atoms with Gasteiger partial charge >= 0.3 is 0 Å². The van der Waals surface area contributed by atoms with Gasteiger partial charge in [-0.15, -0.1) is 5.10 Å². The van der Waals surface area contributed by atoms with E-state index in [1.165, 1.54) is 6.07 Å². The first kappa shape index (κ1) is 20.5. The van der Waals surface area contributed by atoms with Crippen LogP contribution in [0.1, 0.15) is 63.9 Å². The molecule has 1 aromatic carbocycles. The van der Waals surface area contributed by atoms with E-state index in [1.807, 2.05) is 20.8 Å². The molecule has 1 aliphatic carbocycles. The first-order valence-electron chi connectivity index (χ1n) is 10.1. The van der Waals surface area contributed by atoms with Crippen LogP contribution < -0.4 is 20.5 Å². The third-order valence-corrected chi connectivity index (χ3v) is 5.62. The minimum Gasteiger partial charge on any atom is -0.454 e. The van der Waals surface area contributed by atoms with Crippen LogP contribution in [0.25, 0.3) is 0 Å². The largest absolute Gasteiger partial charge is 0.454 e. The van der Waals surface area contributed by atoms with Gasteiger partial charge in [0.15, 0.2) is 17.3 Å². The fourth-order valence-electron chi connectivity index (χ4n) is 4.07. The molecule has 1 aliphatic heterocycles. The number of nitrogens with two attached hydrogens (primary N) is 1. The van der Waals surface area contributed by atoms with Crippen LogP contribution in [0.5, 0.6) is 11.5 Å². The lowest BCUT2D eigenvalue weighted by Crippen LogP contribution is -2.49. The number of ether oxygens (including phenoxy) is 2. The zero-order valence-corrected chi connectivity index (χ0v) is 17.4. The van der Waals surface area contributed by atoms with Crippen LogP contribution in [0.3, 0.4) is 0 Å². The van der Waals surface area contributed by atoms with Gasteiger partial charge < -0.3 is 15.2 Å². The zero-order valence-electron chi connectivity index (χ0n) is 17.4. The van der Waals surface area contributed by atoms with Crippen molar-refractivity contribution in [2.75, 3.05) is 6.79 Å². The van der Waals surface area contributed by atoms with Crippen molar-refractivity contribution >= 4 is 5.69 Å². The Bertz CT molecular complexity index is 939. The average Bonchev–Trinajstić information content (AvgIpc) is 3.35. The lowest BCUT2D eigenvalue weighted by atomic mass is 9.89. The Hall–Kier alpha value is -2.79. The van der Waals surface area contributed by atoms with Crippen LogP contribution in [0.4, 0.5) is 5.69 Å². The van der Waals surface area contributed by atoms with E-state index in [-0.39, 0.29) is 24.6 Å². The minimum atomic E-state index is -0.636. The first-order valence-corrected chi connectivity index (χ1v) is 10.1. The number of tetrazole rings is 1. The third kappa shape index (κ3) is 3.82. The molecule has 11 heteroatoms. The van der Waals surface area contributed by atoms with E-state index < -0.39 is 16.5 Å². The second-order valence-electron chi connectivity index (χ2n) is 8.80. The van der Waals surface area contributed by atoms with Gasteiger partial charge in [-0.1, -0.05) is 12.8 Å². The van der Waals surface area contributed by atoms with Crippen LogP contribution >= 0.6 is 0 Å². The van der Waals surface area contributed by atoms with Gasteiger partial charge in [0.25, 0.3) is 5.69 Å². The van der Waals surface area contributed by atoms with Gasteiger partial charge in [-0.3, -0.25) is 15.4 Å². The van der Waals surface area contributed by atoms with Crippen molar-refractivity contribution in [3.05, 3.63) is 33.6 Å². The fourth-order valence-corrected chi connectivity index (χ4v) is 4.07. The maximum atomic E-state index is 11.9. The van der Waals surface area contributed by atoms with E-state index >= 15 is 0 Å². The van der Waals surface area contributed by atoms with Crippen molar-refractivity contribution in [1.29, 1.82) is 0 Å². The summed E-state index contributed by atoms with van der Waals surface area (Å²) in [5.74, 6) is 1.31. The standard InChI is InChI=1S/C19H27N7O4/c1-19(2,3)25-18(22-23-24-25)17(21-13-7-5-4-6-12(13)20)11-8-15-16(30-10-29-15)9-14(11)26(27)28/h8-9,12-13,17,21H,4-7,10,20H2,1-3H3. The van der Waals surface area contributed by atoms with E-state index in [2.05, 4.69) is 20.8 Å². The summed E-state index contributed by atoms with van der Waals surface area (Å²) in [6, 6.07) is 2.35. The number of hydrogen-bond donors (Lipinski definition) is 2. The molecule has 0 radical (unpaired) electrons. The highest BCUT2D eigenvalue weighted by Crippen LogP contribution is 2.42. The maximum Gasteiger partial charge on any atom is 0.278 e. The minimum absolute atomic E-state index is 0.0149. The molecule has 0 amide bonds. The monoisotopic (exact) mass is 417 g/mol. The summed E-state index contributed by atoms with van der Waals surface area (Å²) in [6.07, 6.45) is 3.91. The van der Waals surface area contributed by atoms with Gasteiger partial charge in [-0.05, 0) is 50.1 Å². The van der Waals surface area contributed by atoms with E-state index in [0.717, 1.165) is 25.7 Å². The van der Waals surface area contributed by atoms with Crippen LogP contribution in [0.2, 0.25) is 0 Å². The van der Waals surface area contributed by atoms with Crippen LogP contribution in [-0.2, 0) is 5.54 Å². The summed E-state index contributed by atoms with van der Waals surface area (Å²) in [7, 11) is 0. The molecule has 2 heterocycles. The number of aromatic nitrogens is 4. The topological polar surface area (TPSA) is 143 Å². The number of fused-ring (bicyclic) bond motifs is 1. The summed E-state index contributed by atoms with van der Waals surface area (Å²) in [4.78, 5) is 11.5. The van der Waals surface area contributed by atoms with Gasteiger partial charge in [0.2, 0.25) is 6.79 Å². The quantitative estimate of drug-likeness (QED) is 0.551. The van der Waals surface area contributed by atoms with Crippen molar-refractivity contribution in [2.45, 2.75) is 70.1 Å². The Morgan fingerprint density at radius 2 is 1.97 bits per heavy atom. The molecule has 11 nitrogen and oxygen atoms in total. The molecule has 162 valence electrons. The second-order valence-corrected chi connectivity index (χ2v) is 8.80. The van der Waals surface area contributed by atoms with Gasteiger partial charge in [-0.2, -0.15) is 0 Å². The molecule has 0 spiro atoms. The zero-order chi connectivity index (χ0) is 21.5. The molecular formula is C19H27N7O4. The number of hydrogen-bond acceptors (Lipinski definition) is 9. The molecule has 0 saturated heterocycles. The van der Waals surface area contributed by atoms with Gasteiger partial charge in [0, 0.05) is 12.1 Å². The van der Waals surface area contributed by atoms with Gasteiger partial charge in [0.05, 0.1) is 22.1 Å². The number of nitro groups is 1. The molecule has 30 heavy (non-hydrogen) atoms. The molecule has 1 fully saturated rings. The van der Waals surface area contributed by atoms with E-state index in [0.29, 0.717) is 22.9 Å². The highest BCUT2D eigenvalue weighted by atomic mass is 16.7. The van der Waals surface area contributed by atoms with E-state index in [4.69, 9.17) is 15.2 Å². The molecule has 3 N–H and O–H groups in total.